The molecule has 192 valence electrons. The van der Waals surface area contributed by atoms with E-state index in [0.29, 0.717) is 35.5 Å². The maximum absolute atomic E-state index is 13.3. The summed E-state index contributed by atoms with van der Waals surface area (Å²) >= 11 is 0. The number of unbranched alkanes of at least 4 members (excludes halogenated alkanes) is 1. The van der Waals surface area contributed by atoms with E-state index in [2.05, 4.69) is 5.32 Å². The molecule has 37 heavy (non-hydrogen) atoms. The number of benzene rings is 2. The number of rotatable bonds is 11. The summed E-state index contributed by atoms with van der Waals surface area (Å²) in [5.41, 5.74) is 0.222. The second kappa shape index (κ2) is 11.6. The van der Waals surface area contributed by atoms with Crippen molar-refractivity contribution in [1.29, 1.82) is 0 Å². The Morgan fingerprint density at radius 1 is 1.03 bits per heavy atom. The first-order valence-electron chi connectivity index (χ1n) is 12.1. The fourth-order valence-corrected chi connectivity index (χ4v) is 4.27. The molecule has 3 aromatic rings. The first kappa shape index (κ1) is 25.7. The van der Waals surface area contributed by atoms with Crippen LogP contribution >= 0.6 is 0 Å². The number of hydrogen-bond donors (Lipinski definition) is 2. The van der Waals surface area contributed by atoms with Crippen LogP contribution in [0.2, 0.25) is 0 Å². The van der Waals surface area contributed by atoms with Gasteiger partial charge in [0.15, 0.2) is 17.3 Å². The molecule has 0 saturated carbocycles. The monoisotopic (exact) mass is 504 g/mol. The summed E-state index contributed by atoms with van der Waals surface area (Å²) in [6.07, 6.45) is 3.28. The minimum Gasteiger partial charge on any atom is -0.481 e. The van der Waals surface area contributed by atoms with Crippen LogP contribution in [0.15, 0.2) is 71.7 Å². The summed E-state index contributed by atoms with van der Waals surface area (Å²) in [5, 5.41) is 12.5. The number of aliphatic carboxylic acids is 1. The Bertz CT molecular complexity index is 1350. The second-order valence-electron chi connectivity index (χ2n) is 8.74. The Labute approximate surface area is 213 Å². The van der Waals surface area contributed by atoms with Crippen molar-refractivity contribution in [2.45, 2.75) is 38.1 Å². The first-order valence-corrected chi connectivity index (χ1v) is 12.1. The summed E-state index contributed by atoms with van der Waals surface area (Å²) < 4.78 is 11.9. The van der Waals surface area contributed by atoms with E-state index in [0.717, 1.165) is 6.42 Å². The van der Waals surface area contributed by atoms with Crippen LogP contribution < -0.4 is 20.3 Å². The van der Waals surface area contributed by atoms with Gasteiger partial charge in [0.2, 0.25) is 12.7 Å². The van der Waals surface area contributed by atoms with Crippen LogP contribution in [0.1, 0.15) is 59.6 Å². The lowest BCUT2D eigenvalue weighted by molar-refractivity contribution is -0.138. The number of aromatic nitrogens is 1. The molecule has 2 heterocycles. The predicted molar refractivity (Wildman–Crippen MR) is 135 cm³/mol. The Morgan fingerprint density at radius 3 is 2.51 bits per heavy atom. The molecule has 0 fully saturated rings. The van der Waals surface area contributed by atoms with E-state index in [4.69, 9.17) is 9.47 Å². The van der Waals surface area contributed by atoms with Crippen molar-refractivity contribution in [2.24, 2.45) is 0 Å². The SMILES string of the molecule is CCCC[C@@H](C(=O)NC[C@@H](C(=O)O)c1ccc2c(c1)OCO2)n1cccc(C(=O)c2ccccc2)c1=O. The minimum absolute atomic E-state index is 0.0354. The third-order valence-corrected chi connectivity index (χ3v) is 6.30. The molecule has 9 nitrogen and oxygen atoms in total. The number of pyridine rings is 1. The zero-order valence-corrected chi connectivity index (χ0v) is 20.4. The number of carbonyl (C=O) groups excluding carboxylic acids is 2. The first-order chi connectivity index (χ1) is 17.9. The van der Waals surface area contributed by atoms with E-state index in [1.807, 2.05) is 6.92 Å². The number of hydrogen-bond acceptors (Lipinski definition) is 6. The summed E-state index contributed by atoms with van der Waals surface area (Å²) in [6, 6.07) is 15.4. The van der Waals surface area contributed by atoms with Crippen molar-refractivity contribution >= 4 is 17.7 Å². The van der Waals surface area contributed by atoms with Crippen molar-refractivity contribution in [3.63, 3.8) is 0 Å². The highest BCUT2D eigenvalue weighted by Crippen LogP contribution is 2.34. The Hall–Kier alpha value is -4.40. The smallest absolute Gasteiger partial charge is 0.312 e. The van der Waals surface area contributed by atoms with Gasteiger partial charge in [0.1, 0.15) is 6.04 Å². The van der Waals surface area contributed by atoms with Gasteiger partial charge in [-0.1, -0.05) is 56.2 Å². The maximum Gasteiger partial charge on any atom is 0.312 e. The number of nitrogens with zero attached hydrogens (tertiary/aromatic N) is 1. The van der Waals surface area contributed by atoms with Gasteiger partial charge in [-0.25, -0.2) is 0 Å². The van der Waals surface area contributed by atoms with Gasteiger partial charge in [0, 0.05) is 18.3 Å². The molecule has 0 unspecified atom stereocenters. The Balaban J connectivity index is 1.57. The standard InChI is InChI=1S/C28H28N2O7/c1-2-3-11-22(30-14-7-10-20(27(30)33)25(31)18-8-5-4-6-9-18)26(32)29-16-21(28(34)35)19-12-13-23-24(15-19)37-17-36-23/h4-10,12-15,21-22H,2-3,11,16-17H2,1H3,(H,29,32)(H,34,35)/t21-,22+/m1/s1. The fourth-order valence-electron chi connectivity index (χ4n) is 4.27. The number of amides is 1. The molecular formula is C28H28N2O7. The second-order valence-corrected chi connectivity index (χ2v) is 8.74. The number of fused-ring (bicyclic) bond motifs is 1. The number of carboxylic acids is 1. The quantitative estimate of drug-likeness (QED) is 0.383. The molecular weight excluding hydrogens is 476 g/mol. The molecule has 1 amide bonds. The van der Waals surface area contributed by atoms with Crippen molar-refractivity contribution in [1.82, 2.24) is 9.88 Å². The van der Waals surface area contributed by atoms with Crippen LogP contribution in [-0.2, 0) is 9.59 Å². The van der Waals surface area contributed by atoms with Crippen LogP contribution in [0.4, 0.5) is 0 Å². The van der Waals surface area contributed by atoms with Crippen LogP contribution in [-0.4, -0.2) is 40.7 Å². The van der Waals surface area contributed by atoms with Gasteiger partial charge in [0.25, 0.3) is 5.56 Å². The molecule has 2 atom stereocenters. The van der Waals surface area contributed by atoms with Gasteiger partial charge in [-0.05, 0) is 36.2 Å². The van der Waals surface area contributed by atoms with E-state index in [1.165, 1.54) is 16.8 Å². The van der Waals surface area contributed by atoms with Gasteiger partial charge in [-0.2, -0.15) is 0 Å². The largest absolute Gasteiger partial charge is 0.481 e. The fraction of sp³-hybridized carbons (Fsp3) is 0.286. The normalized spacial score (nSPS) is 13.5. The molecule has 1 aliphatic rings. The molecule has 1 aromatic heterocycles. The van der Waals surface area contributed by atoms with E-state index < -0.39 is 35.2 Å². The zero-order valence-electron chi connectivity index (χ0n) is 20.4. The molecule has 0 saturated heterocycles. The summed E-state index contributed by atoms with van der Waals surface area (Å²) in [6.45, 7) is 1.84. The van der Waals surface area contributed by atoms with Gasteiger partial charge < -0.3 is 24.5 Å². The highest BCUT2D eigenvalue weighted by atomic mass is 16.7. The van der Waals surface area contributed by atoms with Crippen LogP contribution in [0.25, 0.3) is 0 Å². The van der Waals surface area contributed by atoms with E-state index in [1.54, 1.807) is 54.6 Å². The lowest BCUT2D eigenvalue weighted by Gasteiger charge is -2.21. The number of ketones is 1. The summed E-state index contributed by atoms with van der Waals surface area (Å²) in [4.78, 5) is 51.6. The lowest BCUT2D eigenvalue weighted by Crippen LogP contribution is -2.40. The molecule has 1 aliphatic heterocycles. The van der Waals surface area contributed by atoms with Gasteiger partial charge in [-0.15, -0.1) is 0 Å². The highest BCUT2D eigenvalue weighted by Gasteiger charge is 2.27. The number of carbonyl (C=O) groups is 3. The van der Waals surface area contributed by atoms with Crippen molar-refractivity contribution in [3.05, 3.63) is 93.9 Å². The topological polar surface area (TPSA) is 124 Å². The van der Waals surface area contributed by atoms with Crippen molar-refractivity contribution in [2.75, 3.05) is 13.3 Å². The molecule has 2 aromatic carbocycles. The third-order valence-electron chi connectivity index (χ3n) is 6.30. The average molecular weight is 505 g/mol. The number of carboxylic acid groups (broad SMARTS) is 1. The van der Waals surface area contributed by atoms with E-state index >= 15 is 0 Å². The molecule has 4 rings (SSSR count). The van der Waals surface area contributed by atoms with E-state index in [-0.39, 0.29) is 18.9 Å². The molecule has 2 N–H and O–H groups in total. The van der Waals surface area contributed by atoms with Crippen LogP contribution in [0, 0.1) is 0 Å². The number of nitrogens with one attached hydrogen (secondary N) is 1. The van der Waals surface area contributed by atoms with Crippen LogP contribution in [0.3, 0.4) is 0 Å². The number of ether oxygens (including phenoxy) is 2. The van der Waals surface area contributed by atoms with Gasteiger partial charge >= 0.3 is 5.97 Å². The Kier molecular flexibility index (Phi) is 8.02. The maximum atomic E-state index is 13.3. The molecule has 9 heteroatoms. The van der Waals surface area contributed by atoms with E-state index in [9.17, 15) is 24.3 Å². The minimum atomic E-state index is -1.11. The predicted octanol–water partition coefficient (Wildman–Crippen LogP) is 3.52. The van der Waals surface area contributed by atoms with Gasteiger partial charge in [0.05, 0.1) is 11.5 Å². The molecule has 0 aliphatic carbocycles. The average Bonchev–Trinajstić information content (AvgIpc) is 3.38. The lowest BCUT2D eigenvalue weighted by atomic mass is 9.98. The van der Waals surface area contributed by atoms with Gasteiger partial charge in [-0.3, -0.25) is 19.2 Å². The molecule has 0 spiro atoms. The van der Waals surface area contributed by atoms with Crippen LogP contribution in [0.5, 0.6) is 11.5 Å². The van der Waals surface area contributed by atoms with Crippen molar-refractivity contribution in [3.8, 4) is 11.5 Å². The Morgan fingerprint density at radius 2 is 1.78 bits per heavy atom. The zero-order chi connectivity index (χ0) is 26.4. The highest BCUT2D eigenvalue weighted by molar-refractivity contribution is 6.08. The third kappa shape index (κ3) is 5.72. The molecule has 0 radical (unpaired) electrons. The summed E-state index contributed by atoms with van der Waals surface area (Å²) in [7, 11) is 0. The molecule has 0 bridgehead atoms. The van der Waals surface area contributed by atoms with Crippen molar-refractivity contribution < 1.29 is 29.0 Å². The summed E-state index contributed by atoms with van der Waals surface area (Å²) in [5.74, 6) is -2.09.